The van der Waals surface area contributed by atoms with Crippen molar-refractivity contribution < 1.29 is 4.79 Å². The quantitative estimate of drug-likeness (QED) is 0.681. The van der Waals surface area contributed by atoms with E-state index in [0.29, 0.717) is 18.2 Å². The maximum Gasteiger partial charge on any atom is 0.239 e. The lowest BCUT2D eigenvalue weighted by Crippen LogP contribution is -2.32. The summed E-state index contributed by atoms with van der Waals surface area (Å²) >= 11 is 0. The minimum absolute atomic E-state index is 0.00113. The van der Waals surface area contributed by atoms with Crippen molar-refractivity contribution in [2.24, 2.45) is 5.92 Å². The maximum absolute atomic E-state index is 11.5. The number of carbonyl (C=O) groups is 1. The molecular formula is C13H21N3O. The van der Waals surface area contributed by atoms with E-state index in [1.165, 1.54) is 0 Å². The van der Waals surface area contributed by atoms with Crippen LogP contribution < -0.4 is 16.4 Å². The molecule has 17 heavy (non-hydrogen) atoms. The fourth-order valence-electron chi connectivity index (χ4n) is 1.48. The number of carbonyl (C=O) groups excluding carboxylic acids is 1. The van der Waals surface area contributed by atoms with Gasteiger partial charge in [0.2, 0.25) is 5.91 Å². The van der Waals surface area contributed by atoms with Crippen LogP contribution in [0.15, 0.2) is 18.2 Å². The summed E-state index contributed by atoms with van der Waals surface area (Å²) in [5.41, 5.74) is 8.38. The molecule has 4 nitrogen and oxygen atoms in total. The van der Waals surface area contributed by atoms with Gasteiger partial charge in [0.15, 0.2) is 0 Å². The first kappa shape index (κ1) is 13.4. The van der Waals surface area contributed by atoms with E-state index in [1.54, 1.807) is 0 Å². The van der Waals surface area contributed by atoms with E-state index < -0.39 is 0 Å². The van der Waals surface area contributed by atoms with E-state index in [2.05, 4.69) is 24.5 Å². The lowest BCUT2D eigenvalue weighted by atomic mass is 10.2. The zero-order valence-corrected chi connectivity index (χ0v) is 10.7. The summed E-state index contributed by atoms with van der Waals surface area (Å²) in [5.74, 6) is 0.465. The summed E-state index contributed by atoms with van der Waals surface area (Å²) in [6.07, 6.45) is 0. The molecule has 4 N–H and O–H groups in total. The van der Waals surface area contributed by atoms with Gasteiger partial charge in [-0.2, -0.15) is 0 Å². The summed E-state index contributed by atoms with van der Waals surface area (Å²) in [6, 6.07) is 5.68. The van der Waals surface area contributed by atoms with Gasteiger partial charge in [-0.05, 0) is 36.6 Å². The Morgan fingerprint density at radius 3 is 2.65 bits per heavy atom. The van der Waals surface area contributed by atoms with Crippen LogP contribution in [0.3, 0.4) is 0 Å². The van der Waals surface area contributed by atoms with Crippen molar-refractivity contribution in [3.63, 3.8) is 0 Å². The van der Waals surface area contributed by atoms with E-state index in [0.717, 1.165) is 11.3 Å². The highest BCUT2D eigenvalue weighted by Crippen LogP contribution is 2.15. The fraction of sp³-hybridized carbons (Fsp3) is 0.462. The smallest absolute Gasteiger partial charge is 0.239 e. The number of hydrogen-bond acceptors (Lipinski definition) is 3. The predicted molar refractivity (Wildman–Crippen MR) is 71.9 cm³/mol. The number of anilines is 2. The standard InChI is InChI=1S/C13H21N3O/c1-9(2)7-16-13(17)8-15-12-5-10(3)4-11(14)6-12/h4-6,9,15H,7-8,14H2,1-3H3,(H,16,17). The Morgan fingerprint density at radius 1 is 1.35 bits per heavy atom. The van der Waals surface area contributed by atoms with Gasteiger partial charge in [0.1, 0.15) is 0 Å². The van der Waals surface area contributed by atoms with E-state index in [9.17, 15) is 4.79 Å². The first-order chi connectivity index (χ1) is 7.97. The van der Waals surface area contributed by atoms with E-state index in [4.69, 9.17) is 5.73 Å². The molecule has 0 spiro atoms. The molecule has 0 aromatic heterocycles. The van der Waals surface area contributed by atoms with Gasteiger partial charge >= 0.3 is 0 Å². The molecule has 0 aliphatic rings. The fourth-order valence-corrected chi connectivity index (χ4v) is 1.48. The Labute approximate surface area is 103 Å². The van der Waals surface area contributed by atoms with Gasteiger partial charge in [0, 0.05) is 17.9 Å². The minimum Gasteiger partial charge on any atom is -0.399 e. The third-order valence-electron chi connectivity index (χ3n) is 2.26. The molecular weight excluding hydrogens is 214 g/mol. The van der Waals surface area contributed by atoms with Crippen LogP contribution in [0.5, 0.6) is 0 Å². The monoisotopic (exact) mass is 235 g/mol. The number of benzene rings is 1. The maximum atomic E-state index is 11.5. The number of hydrogen-bond donors (Lipinski definition) is 3. The van der Waals surface area contributed by atoms with Gasteiger partial charge in [-0.25, -0.2) is 0 Å². The lowest BCUT2D eigenvalue weighted by molar-refractivity contribution is -0.119. The zero-order valence-electron chi connectivity index (χ0n) is 10.7. The lowest BCUT2D eigenvalue weighted by Gasteiger charge is -2.10. The minimum atomic E-state index is -0.00113. The molecule has 0 aliphatic carbocycles. The summed E-state index contributed by atoms with van der Waals surface area (Å²) in [4.78, 5) is 11.5. The van der Waals surface area contributed by atoms with Gasteiger partial charge < -0.3 is 16.4 Å². The SMILES string of the molecule is Cc1cc(N)cc(NCC(=O)NCC(C)C)c1. The molecule has 1 amide bonds. The van der Waals surface area contributed by atoms with Gasteiger partial charge in [0.05, 0.1) is 6.54 Å². The molecule has 0 saturated heterocycles. The van der Waals surface area contributed by atoms with Crippen molar-refractivity contribution in [1.29, 1.82) is 0 Å². The van der Waals surface area contributed by atoms with Crippen molar-refractivity contribution in [2.75, 3.05) is 24.1 Å². The molecule has 0 saturated carbocycles. The van der Waals surface area contributed by atoms with Crippen LogP contribution in [0, 0.1) is 12.8 Å². The van der Waals surface area contributed by atoms with Crippen molar-refractivity contribution in [3.8, 4) is 0 Å². The Balaban J connectivity index is 2.42. The number of aryl methyl sites for hydroxylation is 1. The van der Waals surface area contributed by atoms with E-state index in [-0.39, 0.29) is 12.5 Å². The van der Waals surface area contributed by atoms with Crippen molar-refractivity contribution in [2.45, 2.75) is 20.8 Å². The molecule has 0 radical (unpaired) electrons. The summed E-state index contributed by atoms with van der Waals surface area (Å²) in [7, 11) is 0. The van der Waals surface area contributed by atoms with Crippen LogP contribution >= 0.6 is 0 Å². The topological polar surface area (TPSA) is 67.1 Å². The van der Waals surface area contributed by atoms with Crippen molar-refractivity contribution in [1.82, 2.24) is 5.32 Å². The number of nitrogens with two attached hydrogens (primary N) is 1. The average Bonchev–Trinajstić information content (AvgIpc) is 2.22. The molecule has 0 atom stereocenters. The largest absolute Gasteiger partial charge is 0.399 e. The molecule has 0 aliphatic heterocycles. The molecule has 0 bridgehead atoms. The van der Waals surface area contributed by atoms with Gasteiger partial charge in [-0.1, -0.05) is 13.8 Å². The number of nitrogens with one attached hydrogen (secondary N) is 2. The van der Waals surface area contributed by atoms with Crippen molar-refractivity contribution in [3.05, 3.63) is 23.8 Å². The highest BCUT2D eigenvalue weighted by atomic mass is 16.1. The Morgan fingerprint density at radius 2 is 2.06 bits per heavy atom. The highest BCUT2D eigenvalue weighted by Gasteiger charge is 2.02. The van der Waals surface area contributed by atoms with Crippen LogP contribution in [0.4, 0.5) is 11.4 Å². The third-order valence-corrected chi connectivity index (χ3v) is 2.26. The summed E-state index contributed by atoms with van der Waals surface area (Å²) in [5, 5.41) is 5.91. The molecule has 4 heteroatoms. The number of rotatable bonds is 5. The summed E-state index contributed by atoms with van der Waals surface area (Å²) in [6.45, 7) is 7.08. The Kier molecular flexibility index (Phi) is 4.82. The molecule has 1 aromatic carbocycles. The van der Waals surface area contributed by atoms with E-state index >= 15 is 0 Å². The third kappa shape index (κ3) is 5.24. The molecule has 1 aromatic rings. The van der Waals surface area contributed by atoms with E-state index in [1.807, 2.05) is 25.1 Å². The second-order valence-electron chi connectivity index (χ2n) is 4.68. The first-order valence-corrected chi connectivity index (χ1v) is 5.85. The Bertz CT molecular complexity index is 368. The molecule has 0 heterocycles. The van der Waals surface area contributed by atoms with Crippen molar-refractivity contribution >= 4 is 17.3 Å². The predicted octanol–water partition coefficient (Wildman–Crippen LogP) is 1.76. The molecule has 1 rings (SSSR count). The average molecular weight is 235 g/mol. The van der Waals surface area contributed by atoms with Crippen LogP contribution in [0.25, 0.3) is 0 Å². The second-order valence-corrected chi connectivity index (χ2v) is 4.68. The highest BCUT2D eigenvalue weighted by molar-refractivity contribution is 5.80. The van der Waals surface area contributed by atoms with Crippen LogP contribution in [0.1, 0.15) is 19.4 Å². The number of nitrogen functional groups attached to an aromatic ring is 1. The second kappa shape index (κ2) is 6.13. The van der Waals surface area contributed by atoms with Gasteiger partial charge in [-0.15, -0.1) is 0 Å². The van der Waals surface area contributed by atoms with Gasteiger partial charge in [-0.3, -0.25) is 4.79 Å². The summed E-state index contributed by atoms with van der Waals surface area (Å²) < 4.78 is 0. The Hall–Kier alpha value is -1.71. The molecule has 94 valence electrons. The normalized spacial score (nSPS) is 10.4. The molecule has 0 unspecified atom stereocenters. The van der Waals surface area contributed by atoms with Crippen LogP contribution in [-0.4, -0.2) is 19.0 Å². The molecule has 0 fully saturated rings. The zero-order chi connectivity index (χ0) is 12.8. The van der Waals surface area contributed by atoms with Crippen LogP contribution in [-0.2, 0) is 4.79 Å². The first-order valence-electron chi connectivity index (χ1n) is 5.85. The van der Waals surface area contributed by atoms with Crippen LogP contribution in [0.2, 0.25) is 0 Å². The van der Waals surface area contributed by atoms with Gasteiger partial charge in [0.25, 0.3) is 0 Å². The number of amides is 1.